The van der Waals surface area contributed by atoms with E-state index in [1.54, 1.807) is 6.20 Å². The molecule has 1 unspecified atom stereocenters. The van der Waals surface area contributed by atoms with Crippen LogP contribution in [0, 0.1) is 0 Å². The van der Waals surface area contributed by atoms with E-state index in [4.69, 9.17) is 0 Å². The van der Waals surface area contributed by atoms with Crippen LogP contribution >= 0.6 is 11.5 Å². The van der Waals surface area contributed by atoms with E-state index < -0.39 is 6.10 Å². The molecule has 2 aromatic rings. The second-order valence-corrected chi connectivity index (χ2v) is 5.31. The van der Waals surface area contributed by atoms with E-state index >= 15 is 0 Å². The monoisotopic (exact) mass is 266 g/mol. The van der Waals surface area contributed by atoms with Crippen LogP contribution in [0.4, 0.5) is 0 Å². The van der Waals surface area contributed by atoms with E-state index in [0.717, 1.165) is 22.9 Å². The van der Waals surface area contributed by atoms with Gasteiger partial charge in [-0.25, -0.2) is 4.98 Å². The molecule has 18 heavy (non-hydrogen) atoms. The predicted molar refractivity (Wildman–Crippen MR) is 70.6 cm³/mol. The summed E-state index contributed by atoms with van der Waals surface area (Å²) in [5.74, 6) is 1.17. The number of nitrogens with zero attached hydrogens (tertiary/aromatic N) is 4. The lowest BCUT2D eigenvalue weighted by Gasteiger charge is -2.12. The highest BCUT2D eigenvalue weighted by molar-refractivity contribution is 7.05. The van der Waals surface area contributed by atoms with Crippen molar-refractivity contribution in [1.82, 2.24) is 19.1 Å². The molecule has 5 nitrogen and oxygen atoms in total. The van der Waals surface area contributed by atoms with Crippen LogP contribution in [-0.4, -0.2) is 24.2 Å². The van der Waals surface area contributed by atoms with Gasteiger partial charge in [0.2, 0.25) is 0 Å². The number of aryl methyl sites for hydroxylation is 1. The first-order valence-electron chi connectivity index (χ1n) is 6.13. The van der Waals surface area contributed by atoms with Gasteiger partial charge in [-0.1, -0.05) is 18.3 Å². The molecule has 2 aromatic heterocycles. The lowest BCUT2D eigenvalue weighted by molar-refractivity contribution is 0.176. The van der Waals surface area contributed by atoms with Crippen molar-refractivity contribution < 1.29 is 5.11 Å². The predicted octanol–water partition coefficient (Wildman–Crippen LogP) is 2.15. The molecule has 0 saturated heterocycles. The van der Waals surface area contributed by atoms with Crippen molar-refractivity contribution in [2.45, 2.75) is 45.8 Å². The van der Waals surface area contributed by atoms with Crippen molar-refractivity contribution in [3.8, 4) is 0 Å². The summed E-state index contributed by atoms with van der Waals surface area (Å²) < 4.78 is 5.98. The van der Waals surface area contributed by atoms with Gasteiger partial charge in [-0.3, -0.25) is 0 Å². The molecule has 0 aromatic carbocycles. The Morgan fingerprint density at radius 3 is 2.89 bits per heavy atom. The lowest BCUT2D eigenvalue weighted by Crippen LogP contribution is -2.09. The van der Waals surface area contributed by atoms with Gasteiger partial charge in [0, 0.05) is 25.4 Å². The maximum atomic E-state index is 10.3. The molecular weight excluding hydrogens is 248 g/mol. The van der Waals surface area contributed by atoms with Gasteiger partial charge in [-0.05, 0) is 24.4 Å². The topological polar surface area (TPSA) is 63.8 Å². The number of rotatable bonds is 5. The molecule has 0 aliphatic heterocycles. The second kappa shape index (κ2) is 5.58. The maximum absolute atomic E-state index is 10.3. The molecule has 2 heterocycles. The molecule has 1 N–H and O–H groups in total. The fraction of sp³-hybridized carbons (Fsp3) is 0.583. The number of aromatic nitrogens is 4. The third kappa shape index (κ3) is 2.59. The van der Waals surface area contributed by atoms with Crippen molar-refractivity contribution >= 4 is 11.5 Å². The number of hydrogen-bond acceptors (Lipinski definition) is 5. The van der Waals surface area contributed by atoms with Gasteiger partial charge in [0.15, 0.2) is 0 Å². The zero-order chi connectivity index (χ0) is 13.1. The Kier molecular flexibility index (Phi) is 4.08. The van der Waals surface area contributed by atoms with Crippen LogP contribution in [0.5, 0.6) is 0 Å². The van der Waals surface area contributed by atoms with E-state index in [0.29, 0.717) is 6.42 Å². The molecule has 6 heteroatoms. The number of aliphatic hydroxyl groups excluding tert-OH is 1. The van der Waals surface area contributed by atoms with Gasteiger partial charge < -0.3 is 9.67 Å². The second-order valence-electron chi connectivity index (χ2n) is 4.53. The van der Waals surface area contributed by atoms with Crippen molar-refractivity contribution in [3.05, 3.63) is 28.8 Å². The largest absolute Gasteiger partial charge is 0.387 e. The van der Waals surface area contributed by atoms with Gasteiger partial charge in [-0.2, -0.15) is 0 Å². The van der Waals surface area contributed by atoms with E-state index in [1.807, 2.05) is 10.8 Å². The first-order valence-corrected chi connectivity index (χ1v) is 6.91. The molecule has 0 spiro atoms. The van der Waals surface area contributed by atoms with Crippen molar-refractivity contribution in [1.29, 1.82) is 0 Å². The Morgan fingerprint density at radius 2 is 2.22 bits per heavy atom. The van der Waals surface area contributed by atoms with Crippen LogP contribution in [0.25, 0.3) is 0 Å². The summed E-state index contributed by atoms with van der Waals surface area (Å²) in [4.78, 5) is 5.14. The third-order valence-corrected chi connectivity index (χ3v) is 3.75. The highest BCUT2D eigenvalue weighted by Crippen LogP contribution is 2.28. The van der Waals surface area contributed by atoms with Crippen LogP contribution < -0.4 is 0 Å². The van der Waals surface area contributed by atoms with Gasteiger partial charge >= 0.3 is 0 Å². The standard InChI is InChI=1S/C12H18N4OS/c1-4-16-6-5-13-10(16)7-9(17)12-11(8(2)3)14-15-18-12/h5-6,8-9,17H,4,7H2,1-3H3. The minimum absolute atomic E-state index is 0.277. The van der Waals surface area contributed by atoms with Gasteiger partial charge in [0.1, 0.15) is 5.82 Å². The van der Waals surface area contributed by atoms with Crippen LogP contribution in [0.1, 0.15) is 49.2 Å². The van der Waals surface area contributed by atoms with Crippen molar-refractivity contribution in [2.24, 2.45) is 0 Å². The minimum atomic E-state index is -0.574. The summed E-state index contributed by atoms with van der Waals surface area (Å²) >= 11 is 1.27. The molecule has 0 amide bonds. The smallest absolute Gasteiger partial charge is 0.111 e. The molecule has 0 aliphatic rings. The number of imidazole rings is 1. The SMILES string of the molecule is CCn1ccnc1CC(O)c1snnc1C(C)C. The van der Waals surface area contributed by atoms with E-state index in [1.165, 1.54) is 11.5 Å². The lowest BCUT2D eigenvalue weighted by atomic mass is 10.1. The van der Waals surface area contributed by atoms with E-state index in [9.17, 15) is 5.11 Å². The zero-order valence-electron chi connectivity index (χ0n) is 10.9. The summed E-state index contributed by atoms with van der Waals surface area (Å²) in [7, 11) is 0. The van der Waals surface area contributed by atoms with Crippen LogP contribution in [0.3, 0.4) is 0 Å². The van der Waals surface area contributed by atoms with Crippen LogP contribution in [-0.2, 0) is 13.0 Å². The Morgan fingerprint density at radius 1 is 1.44 bits per heavy atom. The number of aliphatic hydroxyl groups is 1. The van der Waals surface area contributed by atoms with Gasteiger partial charge in [-0.15, -0.1) is 5.10 Å². The average Bonchev–Trinajstić information content (AvgIpc) is 2.96. The van der Waals surface area contributed by atoms with E-state index in [-0.39, 0.29) is 5.92 Å². The van der Waals surface area contributed by atoms with Crippen molar-refractivity contribution in [3.63, 3.8) is 0 Å². The minimum Gasteiger partial charge on any atom is -0.387 e. The fourth-order valence-corrected chi connectivity index (χ4v) is 2.71. The Balaban J connectivity index is 2.17. The quantitative estimate of drug-likeness (QED) is 0.900. The maximum Gasteiger partial charge on any atom is 0.111 e. The third-order valence-electron chi connectivity index (χ3n) is 2.91. The summed E-state index contributed by atoms with van der Waals surface area (Å²) in [6, 6.07) is 0. The Labute approximate surface area is 111 Å². The Hall–Kier alpha value is -1.27. The zero-order valence-corrected chi connectivity index (χ0v) is 11.7. The molecule has 0 aliphatic carbocycles. The molecule has 98 valence electrons. The first-order chi connectivity index (χ1) is 8.63. The molecular formula is C12H18N4OS. The van der Waals surface area contributed by atoms with Crippen LogP contribution in [0.15, 0.2) is 12.4 Å². The average molecular weight is 266 g/mol. The highest BCUT2D eigenvalue weighted by atomic mass is 32.1. The summed E-state index contributed by atoms with van der Waals surface area (Å²) in [6.07, 6.45) is 3.62. The van der Waals surface area contributed by atoms with Crippen molar-refractivity contribution in [2.75, 3.05) is 0 Å². The molecule has 0 radical (unpaired) electrons. The number of hydrogen-bond donors (Lipinski definition) is 1. The highest BCUT2D eigenvalue weighted by Gasteiger charge is 2.20. The Bertz CT molecular complexity index is 506. The normalized spacial score (nSPS) is 13.2. The fourth-order valence-electron chi connectivity index (χ4n) is 1.92. The molecule has 0 saturated carbocycles. The first kappa shape index (κ1) is 13.2. The molecule has 0 bridgehead atoms. The summed E-state index contributed by atoms with van der Waals surface area (Å²) in [6.45, 7) is 7.03. The molecule has 1 atom stereocenters. The van der Waals surface area contributed by atoms with Crippen LogP contribution in [0.2, 0.25) is 0 Å². The van der Waals surface area contributed by atoms with E-state index in [2.05, 4.69) is 35.3 Å². The van der Waals surface area contributed by atoms with Gasteiger partial charge in [0.05, 0.1) is 16.7 Å². The molecule has 2 rings (SSSR count). The summed E-state index contributed by atoms with van der Waals surface area (Å²) in [5, 5.41) is 14.4. The molecule has 0 fully saturated rings. The summed E-state index contributed by atoms with van der Waals surface area (Å²) in [5.41, 5.74) is 0.891. The van der Waals surface area contributed by atoms with Gasteiger partial charge in [0.25, 0.3) is 0 Å².